The average Bonchev–Trinajstić information content (AvgIpc) is 2.79. The largest absolute Gasteiger partial charge is 0.404 e. The SMILES string of the molecule is C[Si](C)(C)OC(c1ccccc1)c1nccs1. The van der Waals surface area contributed by atoms with Crippen molar-refractivity contribution in [3.8, 4) is 0 Å². The molecule has 1 aromatic heterocycles. The third-order valence-electron chi connectivity index (χ3n) is 2.25. The highest BCUT2D eigenvalue weighted by Gasteiger charge is 2.25. The molecule has 2 aromatic rings. The quantitative estimate of drug-likeness (QED) is 0.775. The van der Waals surface area contributed by atoms with Crippen LogP contribution in [0.4, 0.5) is 0 Å². The Morgan fingerprint density at radius 1 is 1.18 bits per heavy atom. The van der Waals surface area contributed by atoms with Crippen molar-refractivity contribution in [2.75, 3.05) is 0 Å². The molecule has 1 heterocycles. The second-order valence-electron chi connectivity index (χ2n) is 4.89. The molecule has 0 amide bonds. The van der Waals surface area contributed by atoms with E-state index in [0.29, 0.717) is 0 Å². The van der Waals surface area contributed by atoms with Crippen molar-refractivity contribution >= 4 is 19.7 Å². The van der Waals surface area contributed by atoms with Crippen LogP contribution in [0.3, 0.4) is 0 Å². The maximum atomic E-state index is 6.26. The highest BCUT2D eigenvalue weighted by molar-refractivity contribution is 7.09. The topological polar surface area (TPSA) is 22.1 Å². The lowest BCUT2D eigenvalue weighted by atomic mass is 10.1. The van der Waals surface area contributed by atoms with Crippen LogP contribution in [-0.4, -0.2) is 13.3 Å². The molecular weight excluding hydrogens is 246 g/mol. The lowest BCUT2D eigenvalue weighted by molar-refractivity contribution is 0.239. The molecule has 0 aliphatic carbocycles. The normalized spacial score (nSPS) is 13.6. The Kier molecular flexibility index (Phi) is 3.76. The molecule has 0 fully saturated rings. The van der Waals surface area contributed by atoms with E-state index in [1.165, 1.54) is 5.56 Å². The number of thiazole rings is 1. The zero-order valence-electron chi connectivity index (χ0n) is 10.4. The molecule has 0 radical (unpaired) electrons. The number of hydrogen-bond acceptors (Lipinski definition) is 3. The summed E-state index contributed by atoms with van der Waals surface area (Å²) in [6.45, 7) is 6.61. The van der Waals surface area contributed by atoms with Gasteiger partial charge < -0.3 is 4.43 Å². The molecule has 0 aliphatic rings. The van der Waals surface area contributed by atoms with Gasteiger partial charge in [-0.1, -0.05) is 30.3 Å². The number of rotatable bonds is 4. The van der Waals surface area contributed by atoms with Gasteiger partial charge in [-0.15, -0.1) is 11.3 Å². The van der Waals surface area contributed by atoms with Gasteiger partial charge in [0.2, 0.25) is 0 Å². The van der Waals surface area contributed by atoms with Crippen LogP contribution >= 0.6 is 11.3 Å². The molecule has 0 bridgehead atoms. The van der Waals surface area contributed by atoms with Gasteiger partial charge in [-0.25, -0.2) is 4.98 Å². The van der Waals surface area contributed by atoms with Crippen LogP contribution in [0.15, 0.2) is 41.9 Å². The summed E-state index contributed by atoms with van der Waals surface area (Å²) in [5.74, 6) is 0. The molecule has 2 rings (SSSR count). The summed E-state index contributed by atoms with van der Waals surface area (Å²) in [5, 5.41) is 3.04. The average molecular weight is 263 g/mol. The van der Waals surface area contributed by atoms with Crippen LogP contribution in [-0.2, 0) is 4.43 Å². The van der Waals surface area contributed by atoms with Gasteiger partial charge in [0.25, 0.3) is 0 Å². The summed E-state index contributed by atoms with van der Waals surface area (Å²) in [6.07, 6.45) is 1.83. The predicted molar refractivity (Wildman–Crippen MR) is 74.8 cm³/mol. The predicted octanol–water partition coefficient (Wildman–Crippen LogP) is 4.08. The van der Waals surface area contributed by atoms with Crippen LogP contribution in [0.1, 0.15) is 16.7 Å². The number of hydrogen-bond donors (Lipinski definition) is 0. The monoisotopic (exact) mass is 263 g/mol. The van der Waals surface area contributed by atoms with Crippen molar-refractivity contribution in [3.05, 3.63) is 52.5 Å². The van der Waals surface area contributed by atoms with Crippen molar-refractivity contribution < 1.29 is 4.43 Å². The maximum Gasteiger partial charge on any atom is 0.185 e. The Hall–Kier alpha value is -0.973. The Bertz CT molecular complexity index is 450. The van der Waals surface area contributed by atoms with Gasteiger partial charge in [-0.3, -0.25) is 0 Å². The fourth-order valence-electron chi connectivity index (χ4n) is 1.61. The number of aromatic nitrogens is 1. The minimum atomic E-state index is -1.59. The van der Waals surface area contributed by atoms with Crippen LogP contribution in [0, 0.1) is 0 Å². The fourth-order valence-corrected chi connectivity index (χ4v) is 3.34. The maximum absolute atomic E-state index is 6.26. The van der Waals surface area contributed by atoms with E-state index in [4.69, 9.17) is 4.43 Å². The van der Waals surface area contributed by atoms with E-state index in [-0.39, 0.29) is 6.10 Å². The third kappa shape index (κ3) is 3.49. The molecule has 0 aliphatic heterocycles. The number of nitrogens with zero attached hydrogens (tertiary/aromatic N) is 1. The summed E-state index contributed by atoms with van der Waals surface area (Å²) in [5.41, 5.74) is 1.19. The van der Waals surface area contributed by atoms with Crippen molar-refractivity contribution in [1.82, 2.24) is 4.98 Å². The smallest absolute Gasteiger partial charge is 0.185 e. The Labute approximate surface area is 107 Å². The molecule has 0 saturated heterocycles. The molecule has 4 heteroatoms. The van der Waals surface area contributed by atoms with Gasteiger partial charge in [0.05, 0.1) is 0 Å². The van der Waals surface area contributed by atoms with Crippen molar-refractivity contribution in [3.63, 3.8) is 0 Å². The first-order valence-electron chi connectivity index (χ1n) is 5.68. The summed E-state index contributed by atoms with van der Waals surface area (Å²) >= 11 is 1.65. The molecule has 1 atom stereocenters. The summed E-state index contributed by atoms with van der Waals surface area (Å²) < 4.78 is 6.26. The van der Waals surface area contributed by atoms with E-state index in [9.17, 15) is 0 Å². The summed E-state index contributed by atoms with van der Waals surface area (Å²) in [6, 6.07) is 10.3. The molecule has 90 valence electrons. The molecule has 1 aromatic carbocycles. The van der Waals surface area contributed by atoms with Gasteiger partial charge in [0.1, 0.15) is 11.1 Å². The van der Waals surface area contributed by atoms with Gasteiger partial charge in [-0.05, 0) is 25.2 Å². The second-order valence-corrected chi connectivity index (χ2v) is 10.3. The zero-order valence-corrected chi connectivity index (χ0v) is 12.2. The van der Waals surface area contributed by atoms with Gasteiger partial charge in [0, 0.05) is 11.6 Å². The summed E-state index contributed by atoms with van der Waals surface area (Å²) in [4.78, 5) is 4.39. The van der Waals surface area contributed by atoms with E-state index in [2.05, 4.69) is 36.8 Å². The Balaban J connectivity index is 2.32. The minimum absolute atomic E-state index is 0.0112. The molecule has 0 spiro atoms. The van der Waals surface area contributed by atoms with Gasteiger partial charge >= 0.3 is 0 Å². The highest BCUT2D eigenvalue weighted by atomic mass is 32.1. The lowest BCUT2D eigenvalue weighted by Crippen LogP contribution is -2.28. The molecule has 0 saturated carbocycles. The van der Waals surface area contributed by atoms with Crippen LogP contribution in [0.5, 0.6) is 0 Å². The minimum Gasteiger partial charge on any atom is -0.404 e. The first-order chi connectivity index (χ1) is 8.06. The van der Waals surface area contributed by atoms with Gasteiger partial charge in [-0.2, -0.15) is 0 Å². The second kappa shape index (κ2) is 5.12. The van der Waals surface area contributed by atoms with E-state index in [1.807, 2.05) is 29.8 Å². The summed E-state index contributed by atoms with van der Waals surface area (Å²) in [7, 11) is -1.59. The van der Waals surface area contributed by atoms with Crippen LogP contribution in [0.2, 0.25) is 19.6 Å². The Morgan fingerprint density at radius 2 is 1.88 bits per heavy atom. The molecule has 0 N–H and O–H groups in total. The first-order valence-corrected chi connectivity index (χ1v) is 9.97. The lowest BCUT2D eigenvalue weighted by Gasteiger charge is -2.25. The third-order valence-corrected chi connectivity index (χ3v) is 4.01. The van der Waals surface area contributed by atoms with Crippen LogP contribution in [0.25, 0.3) is 0 Å². The van der Waals surface area contributed by atoms with Crippen LogP contribution < -0.4 is 0 Å². The van der Waals surface area contributed by atoms with E-state index < -0.39 is 8.32 Å². The van der Waals surface area contributed by atoms with Crippen molar-refractivity contribution in [2.45, 2.75) is 25.7 Å². The van der Waals surface area contributed by atoms with Crippen molar-refractivity contribution in [2.24, 2.45) is 0 Å². The molecular formula is C13H17NOSSi. The van der Waals surface area contributed by atoms with Gasteiger partial charge in [0.15, 0.2) is 8.32 Å². The highest BCUT2D eigenvalue weighted by Crippen LogP contribution is 2.30. The van der Waals surface area contributed by atoms with E-state index in [0.717, 1.165) is 5.01 Å². The van der Waals surface area contributed by atoms with E-state index >= 15 is 0 Å². The first kappa shape index (κ1) is 12.5. The Morgan fingerprint density at radius 3 is 2.41 bits per heavy atom. The molecule has 2 nitrogen and oxygen atoms in total. The van der Waals surface area contributed by atoms with E-state index in [1.54, 1.807) is 11.3 Å². The molecule has 17 heavy (non-hydrogen) atoms. The molecule has 1 unspecified atom stereocenters. The fraction of sp³-hybridized carbons (Fsp3) is 0.308. The standard InChI is InChI=1S/C13H17NOSSi/c1-17(2,3)15-12(13-14-9-10-16-13)11-7-5-4-6-8-11/h4-10,12H,1-3H3. The van der Waals surface area contributed by atoms with Crippen molar-refractivity contribution in [1.29, 1.82) is 0 Å². The zero-order chi connectivity index (χ0) is 12.3. The number of benzene rings is 1.